The van der Waals surface area contributed by atoms with Gasteiger partial charge in [-0.2, -0.15) is 0 Å². The zero-order valence-corrected chi connectivity index (χ0v) is 17.5. The van der Waals surface area contributed by atoms with Crippen molar-refractivity contribution < 1.29 is 13.9 Å². The Morgan fingerprint density at radius 2 is 1.52 bits per heavy atom. The van der Waals surface area contributed by atoms with Crippen LogP contribution in [0.3, 0.4) is 0 Å². The topological polar surface area (TPSA) is 32.8 Å². The number of hydrogen-bond acceptors (Lipinski definition) is 3. The molecule has 0 radical (unpaired) electrons. The van der Waals surface area contributed by atoms with Crippen LogP contribution >= 0.6 is 0 Å². The number of anilines is 1. The Balaban J connectivity index is 1.53. The predicted octanol–water partition coefficient (Wildman–Crippen LogP) is 4.72. The highest BCUT2D eigenvalue weighted by Gasteiger charge is 2.24. The first-order chi connectivity index (χ1) is 15.1. The zero-order chi connectivity index (χ0) is 21.6. The van der Waals surface area contributed by atoms with Crippen molar-refractivity contribution in [3.63, 3.8) is 0 Å². The molecule has 1 fully saturated rings. The molecule has 0 aliphatic carbocycles. The van der Waals surface area contributed by atoms with E-state index in [1.54, 1.807) is 19.2 Å². The Labute approximate surface area is 182 Å². The molecule has 1 aliphatic heterocycles. The van der Waals surface area contributed by atoms with Crippen LogP contribution in [0, 0.1) is 5.82 Å². The first-order valence-electron chi connectivity index (χ1n) is 10.3. The number of ether oxygens (including phenoxy) is 1. The number of nitrogens with zero attached hydrogens (tertiary/aromatic N) is 2. The molecule has 4 nitrogen and oxygen atoms in total. The van der Waals surface area contributed by atoms with Crippen molar-refractivity contribution >= 4 is 23.2 Å². The number of halogens is 1. The van der Waals surface area contributed by atoms with Gasteiger partial charge in [-0.25, -0.2) is 4.39 Å². The molecule has 158 valence electrons. The molecule has 31 heavy (non-hydrogen) atoms. The molecule has 0 N–H and O–H groups in total. The van der Waals surface area contributed by atoms with E-state index in [1.807, 2.05) is 65.6 Å². The Morgan fingerprint density at radius 1 is 0.871 bits per heavy atom. The monoisotopic (exact) mass is 416 g/mol. The Kier molecular flexibility index (Phi) is 6.32. The van der Waals surface area contributed by atoms with E-state index < -0.39 is 0 Å². The number of hydrogen-bond donors (Lipinski definition) is 0. The summed E-state index contributed by atoms with van der Waals surface area (Å²) in [7, 11) is 1.63. The van der Waals surface area contributed by atoms with Crippen LogP contribution in [0.1, 0.15) is 11.1 Å². The second-order valence-corrected chi connectivity index (χ2v) is 7.45. The molecule has 5 heteroatoms. The third-order valence-electron chi connectivity index (χ3n) is 5.50. The number of piperazine rings is 1. The van der Waals surface area contributed by atoms with Crippen LogP contribution < -0.4 is 9.64 Å². The molecule has 1 saturated heterocycles. The van der Waals surface area contributed by atoms with E-state index in [9.17, 15) is 9.18 Å². The van der Waals surface area contributed by atoms with Crippen LogP contribution in [0.25, 0.3) is 11.6 Å². The Morgan fingerprint density at radius 3 is 2.13 bits per heavy atom. The molecule has 3 aromatic carbocycles. The van der Waals surface area contributed by atoms with Crippen molar-refractivity contribution in [1.82, 2.24) is 4.90 Å². The van der Waals surface area contributed by atoms with Gasteiger partial charge in [0.25, 0.3) is 5.91 Å². The van der Waals surface area contributed by atoms with Crippen molar-refractivity contribution in [3.05, 3.63) is 95.8 Å². The largest absolute Gasteiger partial charge is 0.497 e. The molecule has 0 unspecified atom stereocenters. The SMILES string of the molecule is COc1ccc(C=C(C(=O)N2CCN(c3ccc(F)cc3)CC2)c2ccccc2)cc1. The highest BCUT2D eigenvalue weighted by Crippen LogP contribution is 2.24. The summed E-state index contributed by atoms with van der Waals surface area (Å²) >= 11 is 0. The third kappa shape index (κ3) is 4.94. The Bertz CT molecular complexity index is 1040. The number of benzene rings is 3. The van der Waals surface area contributed by atoms with Crippen LogP contribution in [-0.4, -0.2) is 44.1 Å². The van der Waals surface area contributed by atoms with Gasteiger partial charge in [-0.05, 0) is 53.6 Å². The lowest BCUT2D eigenvalue weighted by Gasteiger charge is -2.36. The summed E-state index contributed by atoms with van der Waals surface area (Å²) in [5.74, 6) is 0.552. The number of carbonyl (C=O) groups excluding carboxylic acids is 1. The molecule has 0 aromatic heterocycles. The van der Waals surface area contributed by atoms with Crippen LogP contribution in [0.15, 0.2) is 78.9 Å². The summed E-state index contributed by atoms with van der Waals surface area (Å²) < 4.78 is 18.4. The van der Waals surface area contributed by atoms with Crippen molar-refractivity contribution in [1.29, 1.82) is 0 Å². The smallest absolute Gasteiger partial charge is 0.254 e. The number of amides is 1. The van der Waals surface area contributed by atoms with Gasteiger partial charge < -0.3 is 14.5 Å². The molecule has 0 saturated carbocycles. The quantitative estimate of drug-likeness (QED) is 0.446. The van der Waals surface area contributed by atoms with Crippen molar-refractivity contribution in [3.8, 4) is 5.75 Å². The summed E-state index contributed by atoms with van der Waals surface area (Å²) in [6.07, 6.45) is 1.93. The van der Waals surface area contributed by atoms with Crippen LogP contribution in [0.2, 0.25) is 0 Å². The maximum atomic E-state index is 13.5. The standard InChI is InChI=1S/C26H25FN2O2/c1-31-24-13-7-20(8-14-24)19-25(21-5-3-2-4-6-21)26(30)29-17-15-28(16-18-29)23-11-9-22(27)10-12-23/h2-14,19H,15-18H2,1H3. The Hall–Kier alpha value is -3.60. The second kappa shape index (κ2) is 9.47. The van der Waals surface area contributed by atoms with Gasteiger partial charge in [0.2, 0.25) is 0 Å². The zero-order valence-electron chi connectivity index (χ0n) is 17.5. The third-order valence-corrected chi connectivity index (χ3v) is 5.50. The summed E-state index contributed by atoms with van der Waals surface area (Å²) in [4.78, 5) is 17.5. The predicted molar refractivity (Wildman–Crippen MR) is 123 cm³/mol. The maximum Gasteiger partial charge on any atom is 0.254 e. The van der Waals surface area contributed by atoms with E-state index in [2.05, 4.69) is 4.90 Å². The highest BCUT2D eigenvalue weighted by molar-refractivity contribution is 6.24. The van der Waals surface area contributed by atoms with Crippen molar-refractivity contribution in [2.75, 3.05) is 38.2 Å². The molecule has 0 spiro atoms. The summed E-state index contributed by atoms with van der Waals surface area (Å²) in [5.41, 5.74) is 3.48. The first kappa shape index (κ1) is 20.7. The fraction of sp³-hybridized carbons (Fsp3) is 0.192. The lowest BCUT2D eigenvalue weighted by atomic mass is 10.0. The molecule has 0 bridgehead atoms. The molecule has 1 amide bonds. The van der Waals surface area contributed by atoms with E-state index in [0.717, 1.165) is 22.6 Å². The van der Waals surface area contributed by atoms with Crippen molar-refractivity contribution in [2.24, 2.45) is 0 Å². The van der Waals surface area contributed by atoms with Gasteiger partial charge in [0.05, 0.1) is 7.11 Å². The van der Waals surface area contributed by atoms with E-state index >= 15 is 0 Å². The van der Waals surface area contributed by atoms with Gasteiger partial charge in [-0.1, -0.05) is 42.5 Å². The number of carbonyl (C=O) groups is 1. The highest BCUT2D eigenvalue weighted by atomic mass is 19.1. The summed E-state index contributed by atoms with van der Waals surface area (Å²) in [6, 6.07) is 23.9. The summed E-state index contributed by atoms with van der Waals surface area (Å²) in [6.45, 7) is 2.65. The molecule has 4 rings (SSSR count). The first-order valence-corrected chi connectivity index (χ1v) is 10.3. The average molecular weight is 416 g/mol. The van der Waals surface area contributed by atoms with Gasteiger partial charge in [0.1, 0.15) is 11.6 Å². The van der Waals surface area contributed by atoms with Gasteiger partial charge in [-0.15, -0.1) is 0 Å². The van der Waals surface area contributed by atoms with Crippen LogP contribution in [-0.2, 0) is 4.79 Å². The van der Waals surface area contributed by atoms with E-state index in [1.165, 1.54) is 12.1 Å². The van der Waals surface area contributed by atoms with Crippen LogP contribution in [0.5, 0.6) is 5.75 Å². The molecule has 0 atom stereocenters. The molecule has 1 heterocycles. The van der Waals surface area contributed by atoms with Crippen molar-refractivity contribution in [2.45, 2.75) is 0 Å². The maximum absolute atomic E-state index is 13.5. The van der Waals surface area contributed by atoms with Crippen LogP contribution in [0.4, 0.5) is 10.1 Å². The van der Waals surface area contributed by atoms with E-state index in [0.29, 0.717) is 31.8 Å². The van der Waals surface area contributed by atoms with E-state index in [-0.39, 0.29) is 11.7 Å². The van der Waals surface area contributed by atoms with Gasteiger partial charge in [0.15, 0.2) is 0 Å². The molecule has 3 aromatic rings. The lowest BCUT2D eigenvalue weighted by Crippen LogP contribution is -2.49. The van der Waals surface area contributed by atoms with Gasteiger partial charge >= 0.3 is 0 Å². The molecular weight excluding hydrogens is 391 g/mol. The van der Waals surface area contributed by atoms with Gasteiger partial charge in [-0.3, -0.25) is 4.79 Å². The molecule has 1 aliphatic rings. The van der Waals surface area contributed by atoms with Gasteiger partial charge in [0, 0.05) is 37.4 Å². The number of methoxy groups -OCH3 is 1. The lowest BCUT2D eigenvalue weighted by molar-refractivity contribution is -0.125. The molecular formula is C26H25FN2O2. The minimum atomic E-state index is -0.242. The normalized spacial score (nSPS) is 14.5. The average Bonchev–Trinajstić information content (AvgIpc) is 2.84. The second-order valence-electron chi connectivity index (χ2n) is 7.45. The fourth-order valence-electron chi connectivity index (χ4n) is 3.74. The minimum Gasteiger partial charge on any atom is -0.497 e. The van der Waals surface area contributed by atoms with E-state index in [4.69, 9.17) is 4.74 Å². The number of rotatable bonds is 5. The minimum absolute atomic E-state index is 0.0146. The summed E-state index contributed by atoms with van der Waals surface area (Å²) in [5, 5.41) is 0. The fourth-order valence-corrected chi connectivity index (χ4v) is 3.74.